The second kappa shape index (κ2) is 5.92. The Labute approximate surface area is 161 Å². The Kier molecular flexibility index (Phi) is 3.59. The second-order valence-corrected chi connectivity index (χ2v) is 8.15. The molecule has 2 N–H and O–H groups in total. The predicted octanol–water partition coefficient (Wildman–Crippen LogP) is 4.60. The van der Waals surface area contributed by atoms with Crippen molar-refractivity contribution in [2.45, 2.75) is 18.4 Å². The summed E-state index contributed by atoms with van der Waals surface area (Å²) in [7, 11) is -4.25. The number of aromatic amines is 1. The number of aryl methyl sites for hydroxylation is 1. The highest BCUT2D eigenvalue weighted by Crippen LogP contribution is 2.32. The summed E-state index contributed by atoms with van der Waals surface area (Å²) in [4.78, 5) is 7.59. The van der Waals surface area contributed by atoms with Gasteiger partial charge in [0.05, 0.1) is 15.9 Å². The summed E-state index contributed by atoms with van der Waals surface area (Å²) >= 11 is 0. The molecule has 7 heteroatoms. The number of benzene rings is 3. The van der Waals surface area contributed by atoms with E-state index in [-0.39, 0.29) is 4.90 Å². The van der Waals surface area contributed by atoms with Crippen LogP contribution in [0.2, 0.25) is 0 Å². The van der Waals surface area contributed by atoms with Gasteiger partial charge < -0.3 is 9.55 Å². The molecule has 6 nitrogen and oxygen atoms in total. The van der Waals surface area contributed by atoms with Crippen LogP contribution in [0.15, 0.2) is 65.6 Å². The number of hydrogen-bond acceptors (Lipinski definition) is 3. The molecular weight excluding hydrogens is 374 g/mol. The van der Waals surface area contributed by atoms with Crippen LogP contribution in [0.1, 0.15) is 6.92 Å². The zero-order chi connectivity index (χ0) is 19.5. The van der Waals surface area contributed by atoms with Gasteiger partial charge in [-0.2, -0.15) is 8.42 Å². The van der Waals surface area contributed by atoms with Gasteiger partial charge in [-0.05, 0) is 49.4 Å². The molecule has 0 unspecified atom stereocenters. The third-order valence-corrected chi connectivity index (χ3v) is 5.96. The highest BCUT2D eigenvalue weighted by molar-refractivity contribution is 7.85. The Balaban J connectivity index is 1.72. The van der Waals surface area contributed by atoms with Gasteiger partial charge in [0, 0.05) is 33.9 Å². The Hall–Kier alpha value is -3.16. The lowest BCUT2D eigenvalue weighted by molar-refractivity contribution is 0.483. The van der Waals surface area contributed by atoms with Gasteiger partial charge in [-0.3, -0.25) is 4.55 Å². The van der Waals surface area contributed by atoms with Crippen LogP contribution in [0.25, 0.3) is 44.2 Å². The summed E-state index contributed by atoms with van der Waals surface area (Å²) in [5, 5.41) is 2.33. The van der Waals surface area contributed by atoms with E-state index in [0.717, 1.165) is 23.0 Å². The van der Waals surface area contributed by atoms with Crippen molar-refractivity contribution in [1.82, 2.24) is 14.5 Å². The second-order valence-electron chi connectivity index (χ2n) is 6.73. The molecule has 28 heavy (non-hydrogen) atoms. The number of imidazole rings is 1. The number of rotatable bonds is 3. The molecule has 0 saturated carbocycles. The summed E-state index contributed by atoms with van der Waals surface area (Å²) < 4.78 is 34.3. The zero-order valence-corrected chi connectivity index (χ0v) is 15.9. The third-order valence-electron chi connectivity index (χ3n) is 5.11. The largest absolute Gasteiger partial charge is 0.341 e. The number of fused-ring (bicyclic) bond motifs is 4. The van der Waals surface area contributed by atoms with Gasteiger partial charge in [0.15, 0.2) is 0 Å². The van der Waals surface area contributed by atoms with E-state index in [1.54, 1.807) is 6.07 Å². The number of para-hydroxylation sites is 1. The highest BCUT2D eigenvalue weighted by atomic mass is 32.2. The first kappa shape index (κ1) is 17.0. The maximum absolute atomic E-state index is 11.4. The minimum absolute atomic E-state index is 0.156. The predicted molar refractivity (Wildman–Crippen MR) is 110 cm³/mol. The van der Waals surface area contributed by atoms with Crippen molar-refractivity contribution in [3.63, 3.8) is 0 Å². The van der Waals surface area contributed by atoms with Crippen molar-refractivity contribution >= 4 is 43.0 Å². The average molecular weight is 391 g/mol. The van der Waals surface area contributed by atoms with Gasteiger partial charge in [-0.1, -0.05) is 18.2 Å². The van der Waals surface area contributed by atoms with Crippen LogP contribution in [0.3, 0.4) is 0 Å². The first-order valence-electron chi connectivity index (χ1n) is 8.94. The molecule has 3 aromatic carbocycles. The monoisotopic (exact) mass is 391 g/mol. The van der Waals surface area contributed by atoms with E-state index in [1.165, 1.54) is 23.0 Å². The van der Waals surface area contributed by atoms with Gasteiger partial charge in [0.2, 0.25) is 0 Å². The fourth-order valence-corrected chi connectivity index (χ4v) is 4.33. The van der Waals surface area contributed by atoms with Crippen molar-refractivity contribution in [3.05, 3.63) is 60.7 Å². The number of hydrogen-bond donors (Lipinski definition) is 2. The summed E-state index contributed by atoms with van der Waals surface area (Å²) in [6.07, 6.45) is 0. The van der Waals surface area contributed by atoms with E-state index < -0.39 is 10.1 Å². The Morgan fingerprint density at radius 1 is 1.00 bits per heavy atom. The van der Waals surface area contributed by atoms with Crippen LogP contribution in [0, 0.1) is 0 Å². The van der Waals surface area contributed by atoms with Crippen LogP contribution in [-0.2, 0) is 16.7 Å². The minimum atomic E-state index is -4.25. The third kappa shape index (κ3) is 2.51. The van der Waals surface area contributed by atoms with E-state index in [2.05, 4.69) is 45.7 Å². The molecule has 0 aliphatic heterocycles. The van der Waals surface area contributed by atoms with Gasteiger partial charge in [0.1, 0.15) is 5.82 Å². The molecule has 5 rings (SSSR count). The van der Waals surface area contributed by atoms with Crippen LogP contribution in [0.4, 0.5) is 0 Å². The van der Waals surface area contributed by atoms with E-state index in [0.29, 0.717) is 16.9 Å². The molecule has 0 spiro atoms. The number of H-pyrrole nitrogens is 1. The molecule has 2 aromatic heterocycles. The summed E-state index contributed by atoms with van der Waals surface area (Å²) in [5.74, 6) is 0.651. The first-order chi connectivity index (χ1) is 13.5. The fourth-order valence-electron chi connectivity index (χ4n) is 3.83. The Bertz CT molecular complexity index is 1480. The van der Waals surface area contributed by atoms with Crippen molar-refractivity contribution in [3.8, 4) is 11.4 Å². The fraction of sp³-hybridized carbons (Fsp3) is 0.0952. The molecule has 0 saturated heterocycles. The topological polar surface area (TPSA) is 88.0 Å². The van der Waals surface area contributed by atoms with Gasteiger partial charge in [-0.25, -0.2) is 4.98 Å². The van der Waals surface area contributed by atoms with Crippen LogP contribution in [-0.4, -0.2) is 27.5 Å². The van der Waals surface area contributed by atoms with E-state index in [9.17, 15) is 13.0 Å². The summed E-state index contributed by atoms with van der Waals surface area (Å²) in [6, 6.07) is 18.8. The SMILES string of the molecule is CCn1c2ccccc2c2cc(-c3nc4ccc(S(=O)(=O)O)cc4[nH]3)ccc21. The summed E-state index contributed by atoms with van der Waals surface area (Å²) in [5.41, 5.74) is 4.47. The molecule has 0 fully saturated rings. The lowest BCUT2D eigenvalue weighted by Gasteiger charge is -2.03. The minimum Gasteiger partial charge on any atom is -0.341 e. The number of nitrogens with one attached hydrogen (secondary N) is 1. The van der Waals surface area contributed by atoms with E-state index >= 15 is 0 Å². The smallest absolute Gasteiger partial charge is 0.294 e. The maximum atomic E-state index is 11.4. The quantitative estimate of drug-likeness (QED) is 0.440. The molecular formula is C21H17N3O3S. The van der Waals surface area contributed by atoms with Crippen molar-refractivity contribution < 1.29 is 13.0 Å². The molecule has 0 atom stereocenters. The molecule has 140 valence electrons. The number of aromatic nitrogens is 3. The van der Waals surface area contributed by atoms with Gasteiger partial charge in [-0.15, -0.1) is 0 Å². The van der Waals surface area contributed by atoms with Crippen molar-refractivity contribution in [1.29, 1.82) is 0 Å². The van der Waals surface area contributed by atoms with Crippen LogP contribution < -0.4 is 0 Å². The molecule has 5 aromatic rings. The summed E-state index contributed by atoms with van der Waals surface area (Å²) in [6.45, 7) is 3.01. The van der Waals surface area contributed by atoms with Crippen molar-refractivity contribution in [2.75, 3.05) is 0 Å². The molecule has 0 aliphatic rings. The Morgan fingerprint density at radius 3 is 2.57 bits per heavy atom. The highest BCUT2D eigenvalue weighted by Gasteiger charge is 2.14. The average Bonchev–Trinajstić information content (AvgIpc) is 3.25. The molecule has 0 bridgehead atoms. The zero-order valence-electron chi connectivity index (χ0n) is 15.0. The first-order valence-corrected chi connectivity index (χ1v) is 10.4. The normalized spacial score (nSPS) is 12.4. The van der Waals surface area contributed by atoms with E-state index in [4.69, 9.17) is 0 Å². The molecule has 0 amide bonds. The van der Waals surface area contributed by atoms with Crippen molar-refractivity contribution in [2.24, 2.45) is 0 Å². The van der Waals surface area contributed by atoms with Gasteiger partial charge >= 0.3 is 0 Å². The van der Waals surface area contributed by atoms with Gasteiger partial charge in [0.25, 0.3) is 10.1 Å². The molecule has 0 radical (unpaired) electrons. The molecule has 0 aliphatic carbocycles. The van der Waals surface area contributed by atoms with Crippen LogP contribution >= 0.6 is 0 Å². The van der Waals surface area contributed by atoms with Crippen LogP contribution in [0.5, 0.6) is 0 Å². The molecule has 2 heterocycles. The lowest BCUT2D eigenvalue weighted by atomic mass is 10.1. The standard InChI is InChI=1S/C21H17N3O3S/c1-2-24-19-6-4-3-5-15(19)16-11-13(7-10-20(16)24)21-22-17-9-8-14(28(25,26)27)12-18(17)23-21/h3-12H,2H2,1H3,(H,22,23)(H,25,26,27). The number of nitrogens with zero attached hydrogens (tertiary/aromatic N) is 2. The Morgan fingerprint density at radius 2 is 1.79 bits per heavy atom. The lowest BCUT2D eigenvalue weighted by Crippen LogP contribution is -1.97. The van der Waals surface area contributed by atoms with E-state index in [1.807, 2.05) is 18.2 Å². The maximum Gasteiger partial charge on any atom is 0.294 e.